The maximum Gasteiger partial charge on any atom is 0.146 e. The SMILES string of the molecule is CCS(=O)CCn1c(C)c(C)c2c(N)nc(C)nc21. The zero-order chi connectivity index (χ0) is 14.2. The van der Waals surface area contributed by atoms with E-state index < -0.39 is 10.8 Å². The van der Waals surface area contributed by atoms with E-state index >= 15 is 0 Å². The largest absolute Gasteiger partial charge is 0.383 e. The molecule has 0 bridgehead atoms. The van der Waals surface area contributed by atoms with Gasteiger partial charge < -0.3 is 10.3 Å². The number of aromatic nitrogens is 3. The topological polar surface area (TPSA) is 73.8 Å². The molecule has 6 heteroatoms. The fraction of sp³-hybridized carbons (Fsp3) is 0.538. The molecule has 5 nitrogen and oxygen atoms in total. The Morgan fingerprint density at radius 1 is 1.26 bits per heavy atom. The Labute approximate surface area is 115 Å². The minimum atomic E-state index is -0.776. The Morgan fingerprint density at radius 2 is 1.95 bits per heavy atom. The van der Waals surface area contributed by atoms with Crippen LogP contribution in [0.15, 0.2) is 0 Å². The van der Waals surface area contributed by atoms with Gasteiger partial charge in [-0.2, -0.15) is 0 Å². The van der Waals surface area contributed by atoms with E-state index in [0.717, 1.165) is 22.3 Å². The number of hydrogen-bond donors (Lipinski definition) is 1. The molecule has 2 rings (SSSR count). The smallest absolute Gasteiger partial charge is 0.146 e. The average Bonchev–Trinajstić information content (AvgIpc) is 2.59. The predicted octanol–water partition coefficient (Wildman–Crippen LogP) is 1.71. The van der Waals surface area contributed by atoms with Gasteiger partial charge in [0.25, 0.3) is 0 Å². The Hall–Kier alpha value is -1.43. The van der Waals surface area contributed by atoms with Gasteiger partial charge in [0.15, 0.2) is 0 Å². The first-order valence-corrected chi connectivity index (χ1v) is 7.89. The van der Waals surface area contributed by atoms with Crippen LogP contribution in [0.4, 0.5) is 5.82 Å². The van der Waals surface area contributed by atoms with E-state index in [4.69, 9.17) is 5.73 Å². The molecule has 0 aliphatic rings. The predicted molar refractivity (Wildman–Crippen MR) is 79.7 cm³/mol. The molecule has 0 fully saturated rings. The molecule has 19 heavy (non-hydrogen) atoms. The van der Waals surface area contributed by atoms with Gasteiger partial charge in [0.2, 0.25) is 0 Å². The fourth-order valence-electron chi connectivity index (χ4n) is 2.29. The van der Waals surface area contributed by atoms with Crippen LogP contribution in [0.5, 0.6) is 0 Å². The highest BCUT2D eigenvalue weighted by atomic mass is 32.2. The lowest BCUT2D eigenvalue weighted by Crippen LogP contribution is -2.11. The Bertz CT molecular complexity index is 648. The average molecular weight is 280 g/mol. The van der Waals surface area contributed by atoms with E-state index in [-0.39, 0.29) is 0 Å². The second kappa shape index (κ2) is 5.28. The lowest BCUT2D eigenvalue weighted by atomic mass is 10.2. The highest BCUT2D eigenvalue weighted by Crippen LogP contribution is 2.27. The number of fused-ring (bicyclic) bond motifs is 1. The first-order valence-electron chi connectivity index (χ1n) is 6.40. The summed E-state index contributed by atoms with van der Waals surface area (Å²) >= 11 is 0. The molecule has 0 spiro atoms. The van der Waals surface area contributed by atoms with E-state index in [1.165, 1.54) is 0 Å². The minimum absolute atomic E-state index is 0.526. The van der Waals surface area contributed by atoms with E-state index in [9.17, 15) is 4.21 Å². The van der Waals surface area contributed by atoms with Crippen molar-refractivity contribution in [1.29, 1.82) is 0 Å². The van der Waals surface area contributed by atoms with Crippen molar-refractivity contribution in [2.75, 3.05) is 17.2 Å². The molecule has 2 aromatic rings. The van der Waals surface area contributed by atoms with Crippen LogP contribution in [0.1, 0.15) is 24.0 Å². The molecule has 2 heterocycles. The molecule has 104 valence electrons. The molecule has 2 aromatic heterocycles. The van der Waals surface area contributed by atoms with Crippen LogP contribution in [0.2, 0.25) is 0 Å². The van der Waals surface area contributed by atoms with Crippen LogP contribution in [-0.4, -0.2) is 30.2 Å². The summed E-state index contributed by atoms with van der Waals surface area (Å²) in [6.07, 6.45) is 0. The number of rotatable bonds is 4. The van der Waals surface area contributed by atoms with Gasteiger partial charge in [-0.15, -0.1) is 0 Å². The summed E-state index contributed by atoms with van der Waals surface area (Å²) in [5, 5.41) is 0.922. The fourth-order valence-corrected chi connectivity index (χ4v) is 2.96. The number of hydrogen-bond acceptors (Lipinski definition) is 4. The normalized spacial score (nSPS) is 13.1. The van der Waals surface area contributed by atoms with Crippen LogP contribution in [0.3, 0.4) is 0 Å². The Balaban J connectivity index is 2.54. The molecule has 0 amide bonds. The Kier molecular flexibility index (Phi) is 3.89. The summed E-state index contributed by atoms with van der Waals surface area (Å²) in [6.45, 7) is 8.54. The van der Waals surface area contributed by atoms with Gasteiger partial charge in [-0.3, -0.25) is 4.21 Å². The highest BCUT2D eigenvalue weighted by Gasteiger charge is 2.16. The van der Waals surface area contributed by atoms with Crippen molar-refractivity contribution in [2.24, 2.45) is 0 Å². The van der Waals surface area contributed by atoms with Crippen molar-refractivity contribution in [1.82, 2.24) is 14.5 Å². The van der Waals surface area contributed by atoms with Gasteiger partial charge in [-0.1, -0.05) is 6.92 Å². The van der Waals surface area contributed by atoms with Crippen LogP contribution in [0.25, 0.3) is 11.0 Å². The van der Waals surface area contributed by atoms with Crippen molar-refractivity contribution in [2.45, 2.75) is 34.2 Å². The first-order chi connectivity index (χ1) is 8.95. The molecule has 0 saturated heterocycles. The third kappa shape index (κ3) is 2.49. The van der Waals surface area contributed by atoms with Crippen molar-refractivity contribution < 1.29 is 4.21 Å². The zero-order valence-electron chi connectivity index (χ0n) is 11.9. The number of nitrogens with zero attached hydrogens (tertiary/aromatic N) is 3. The first kappa shape index (κ1) is 14.0. The number of anilines is 1. The van der Waals surface area contributed by atoms with Gasteiger partial charge in [-0.25, -0.2) is 9.97 Å². The molecule has 0 aromatic carbocycles. The van der Waals surface area contributed by atoms with Gasteiger partial charge >= 0.3 is 0 Å². The molecule has 0 saturated carbocycles. The van der Waals surface area contributed by atoms with Gasteiger partial charge in [0, 0.05) is 34.5 Å². The number of nitrogens with two attached hydrogens (primary N) is 1. The zero-order valence-corrected chi connectivity index (χ0v) is 12.7. The third-order valence-electron chi connectivity index (χ3n) is 3.47. The van der Waals surface area contributed by atoms with Crippen LogP contribution in [-0.2, 0) is 17.3 Å². The van der Waals surface area contributed by atoms with Crippen LogP contribution in [0, 0.1) is 20.8 Å². The van der Waals surface area contributed by atoms with Crippen molar-refractivity contribution in [3.8, 4) is 0 Å². The Morgan fingerprint density at radius 3 is 2.58 bits per heavy atom. The molecule has 1 atom stereocenters. The van der Waals surface area contributed by atoms with Crippen molar-refractivity contribution in [3.05, 3.63) is 17.1 Å². The summed E-state index contributed by atoms with van der Waals surface area (Å²) in [6, 6.07) is 0. The quantitative estimate of drug-likeness (QED) is 0.925. The van der Waals surface area contributed by atoms with E-state index in [1.54, 1.807) is 0 Å². The standard InChI is InChI=1S/C13H20N4OS/c1-5-19(18)7-6-17-9(3)8(2)11-12(14)15-10(4)16-13(11)17/h5-7H2,1-4H3,(H2,14,15,16). The van der Waals surface area contributed by atoms with Crippen LogP contribution < -0.4 is 5.73 Å². The lowest BCUT2D eigenvalue weighted by molar-refractivity contribution is 0.674. The molecule has 2 N–H and O–H groups in total. The van der Waals surface area contributed by atoms with E-state index in [1.807, 2.05) is 27.7 Å². The summed E-state index contributed by atoms with van der Waals surface area (Å²) in [7, 11) is -0.776. The maximum absolute atomic E-state index is 11.6. The second-order valence-corrected chi connectivity index (χ2v) is 6.51. The molecule has 1 unspecified atom stereocenters. The summed E-state index contributed by atoms with van der Waals surface area (Å²) in [4.78, 5) is 8.72. The molecule has 0 aliphatic heterocycles. The van der Waals surface area contributed by atoms with Crippen molar-refractivity contribution in [3.63, 3.8) is 0 Å². The second-order valence-electron chi connectivity index (χ2n) is 4.65. The lowest BCUT2D eigenvalue weighted by Gasteiger charge is -2.07. The number of aryl methyl sites for hydroxylation is 3. The van der Waals surface area contributed by atoms with Crippen molar-refractivity contribution >= 4 is 27.7 Å². The van der Waals surface area contributed by atoms with Gasteiger partial charge in [0.05, 0.1) is 5.39 Å². The van der Waals surface area contributed by atoms with Gasteiger partial charge in [-0.05, 0) is 26.3 Å². The highest BCUT2D eigenvalue weighted by molar-refractivity contribution is 7.84. The van der Waals surface area contributed by atoms with Gasteiger partial charge in [0.1, 0.15) is 17.3 Å². The number of nitrogen functional groups attached to an aromatic ring is 1. The summed E-state index contributed by atoms with van der Waals surface area (Å²) in [5.74, 6) is 2.52. The minimum Gasteiger partial charge on any atom is -0.383 e. The summed E-state index contributed by atoms with van der Waals surface area (Å²) in [5.41, 5.74) is 9.08. The molecule has 0 radical (unpaired) electrons. The monoisotopic (exact) mass is 280 g/mol. The molecular formula is C13H20N4OS. The van der Waals surface area contributed by atoms with Crippen LogP contribution >= 0.6 is 0 Å². The molecule has 0 aliphatic carbocycles. The maximum atomic E-state index is 11.6. The summed E-state index contributed by atoms with van der Waals surface area (Å²) < 4.78 is 13.7. The van der Waals surface area contributed by atoms with E-state index in [0.29, 0.717) is 29.7 Å². The third-order valence-corrected chi connectivity index (χ3v) is 4.75. The molecular weight excluding hydrogens is 260 g/mol. The van der Waals surface area contributed by atoms with E-state index in [2.05, 4.69) is 14.5 Å².